The summed E-state index contributed by atoms with van der Waals surface area (Å²) in [5, 5.41) is 2.51. The second-order valence-corrected chi connectivity index (χ2v) is 8.41. The first-order valence-electron chi connectivity index (χ1n) is 8.28. The zero-order chi connectivity index (χ0) is 20.6. The number of carbonyl (C=O) groups excluding carboxylic acids is 1. The summed E-state index contributed by atoms with van der Waals surface area (Å²) in [7, 11) is 0.487. The topological polar surface area (TPSA) is 93.4 Å². The molecule has 0 aliphatic rings. The summed E-state index contributed by atoms with van der Waals surface area (Å²) in [6.45, 7) is -0.425. The molecule has 148 valence electrons. The zero-order valence-electron chi connectivity index (χ0n) is 15.5. The molecule has 2 aromatic carbocycles. The zero-order valence-corrected chi connectivity index (χ0v) is 16.3. The van der Waals surface area contributed by atoms with Crippen LogP contribution in [0, 0.1) is 5.82 Å². The van der Waals surface area contributed by atoms with E-state index in [1.54, 1.807) is 20.2 Å². The molecule has 3 aromatic rings. The van der Waals surface area contributed by atoms with Crippen molar-refractivity contribution in [2.24, 2.45) is 14.1 Å². The van der Waals surface area contributed by atoms with Crippen molar-refractivity contribution in [3.8, 4) is 0 Å². The van der Waals surface area contributed by atoms with Gasteiger partial charge in [0.15, 0.2) is 0 Å². The lowest BCUT2D eigenvalue weighted by molar-refractivity contribution is -0.116. The summed E-state index contributed by atoms with van der Waals surface area (Å²) in [6.07, 6.45) is 0. The first-order valence-corrected chi connectivity index (χ1v) is 9.72. The summed E-state index contributed by atoms with van der Waals surface area (Å²) >= 11 is 0. The van der Waals surface area contributed by atoms with Crippen molar-refractivity contribution < 1.29 is 17.6 Å². The summed E-state index contributed by atoms with van der Waals surface area (Å²) in [5.41, 5.74) is 1.16. The van der Waals surface area contributed by atoms with Crippen LogP contribution < -0.4 is 11.0 Å². The summed E-state index contributed by atoms with van der Waals surface area (Å²) in [5.74, 6) is -1.01. The number of aromatic nitrogens is 2. The lowest BCUT2D eigenvalue weighted by atomic mass is 10.3. The maximum atomic E-state index is 12.9. The molecule has 0 saturated heterocycles. The number of hydrogen-bond donors (Lipinski definition) is 1. The minimum Gasteiger partial charge on any atom is -0.325 e. The Bertz CT molecular complexity index is 1210. The van der Waals surface area contributed by atoms with Crippen LogP contribution in [-0.4, -0.2) is 41.4 Å². The van der Waals surface area contributed by atoms with Gasteiger partial charge in [-0.1, -0.05) is 0 Å². The Morgan fingerprint density at radius 3 is 2.32 bits per heavy atom. The highest BCUT2D eigenvalue weighted by molar-refractivity contribution is 7.89. The molecule has 0 unspecified atom stereocenters. The fourth-order valence-electron chi connectivity index (χ4n) is 2.85. The van der Waals surface area contributed by atoms with Crippen LogP contribution in [0.3, 0.4) is 0 Å². The quantitative estimate of drug-likeness (QED) is 0.691. The standard InChI is InChI=1S/C18H19FN4O4S/c1-21(11-17(24)20-13-6-4-12(19)5-7-13)28(26,27)14-8-9-15-16(10-14)23(3)18(25)22(15)2/h4-10H,11H2,1-3H3,(H,20,24). The number of nitrogens with zero attached hydrogens (tertiary/aromatic N) is 3. The molecule has 28 heavy (non-hydrogen) atoms. The van der Waals surface area contributed by atoms with Gasteiger partial charge in [0.2, 0.25) is 15.9 Å². The number of imidazole rings is 1. The van der Waals surface area contributed by atoms with Gasteiger partial charge >= 0.3 is 5.69 Å². The first-order chi connectivity index (χ1) is 13.1. The highest BCUT2D eigenvalue weighted by atomic mass is 32.2. The van der Waals surface area contributed by atoms with E-state index in [1.165, 1.54) is 52.6 Å². The number of rotatable bonds is 5. The molecule has 1 amide bonds. The van der Waals surface area contributed by atoms with Crippen LogP contribution >= 0.6 is 0 Å². The normalized spacial score (nSPS) is 11.9. The van der Waals surface area contributed by atoms with Crippen LogP contribution in [0.25, 0.3) is 11.0 Å². The molecular formula is C18H19FN4O4S. The molecule has 8 nitrogen and oxygen atoms in total. The third kappa shape index (κ3) is 3.56. The average Bonchev–Trinajstić information content (AvgIpc) is 2.87. The number of carbonyl (C=O) groups is 1. The summed E-state index contributed by atoms with van der Waals surface area (Å²) < 4.78 is 42.2. The maximum absolute atomic E-state index is 12.9. The van der Waals surface area contributed by atoms with Crippen molar-refractivity contribution in [3.05, 3.63) is 58.8 Å². The van der Waals surface area contributed by atoms with E-state index in [0.717, 1.165) is 4.31 Å². The van der Waals surface area contributed by atoms with Crippen LogP contribution in [0.15, 0.2) is 52.2 Å². The van der Waals surface area contributed by atoms with Crippen LogP contribution in [0.5, 0.6) is 0 Å². The van der Waals surface area contributed by atoms with Gasteiger partial charge in [-0.25, -0.2) is 17.6 Å². The summed E-state index contributed by atoms with van der Waals surface area (Å²) in [6, 6.07) is 9.49. The van der Waals surface area contributed by atoms with Gasteiger partial charge < -0.3 is 5.32 Å². The number of fused-ring (bicyclic) bond motifs is 1. The molecule has 0 fully saturated rings. The average molecular weight is 406 g/mol. The van der Waals surface area contributed by atoms with Gasteiger partial charge in [0.05, 0.1) is 22.5 Å². The molecule has 0 aliphatic heterocycles. The first kappa shape index (κ1) is 19.8. The molecule has 0 spiro atoms. The van der Waals surface area contributed by atoms with E-state index in [2.05, 4.69) is 5.32 Å². The fourth-order valence-corrected chi connectivity index (χ4v) is 4.00. The smallest absolute Gasteiger partial charge is 0.325 e. The van der Waals surface area contributed by atoms with Crippen molar-refractivity contribution in [1.29, 1.82) is 0 Å². The fraction of sp³-hybridized carbons (Fsp3) is 0.222. The predicted molar refractivity (Wildman–Crippen MR) is 103 cm³/mol. The minimum atomic E-state index is -3.96. The number of anilines is 1. The number of hydrogen-bond acceptors (Lipinski definition) is 4. The van der Waals surface area contributed by atoms with Crippen LogP contribution in [0.4, 0.5) is 10.1 Å². The van der Waals surface area contributed by atoms with E-state index in [4.69, 9.17) is 0 Å². The van der Waals surface area contributed by atoms with Crippen molar-refractivity contribution in [3.63, 3.8) is 0 Å². The SMILES string of the molecule is CN(CC(=O)Nc1ccc(F)cc1)S(=O)(=O)c1ccc2c(c1)n(C)c(=O)n2C. The number of aryl methyl sites for hydroxylation is 2. The van der Waals surface area contributed by atoms with E-state index in [1.807, 2.05) is 0 Å². The van der Waals surface area contributed by atoms with Crippen molar-refractivity contribution in [1.82, 2.24) is 13.4 Å². The molecule has 0 radical (unpaired) electrons. The van der Waals surface area contributed by atoms with E-state index >= 15 is 0 Å². The number of sulfonamides is 1. The molecule has 10 heteroatoms. The Balaban J connectivity index is 1.82. The second kappa shape index (κ2) is 7.21. The van der Waals surface area contributed by atoms with E-state index in [-0.39, 0.29) is 10.6 Å². The number of amides is 1. The van der Waals surface area contributed by atoms with E-state index < -0.39 is 28.3 Å². The molecule has 1 heterocycles. The third-order valence-electron chi connectivity index (χ3n) is 4.45. The highest BCUT2D eigenvalue weighted by Crippen LogP contribution is 2.20. The molecule has 0 atom stereocenters. The Labute approximate surface area is 160 Å². The number of likely N-dealkylation sites (N-methyl/N-ethyl adjacent to an activating group) is 1. The summed E-state index contributed by atoms with van der Waals surface area (Å²) in [4.78, 5) is 24.1. The van der Waals surface area contributed by atoms with Gasteiger partial charge in [-0.15, -0.1) is 0 Å². The van der Waals surface area contributed by atoms with Crippen LogP contribution in [-0.2, 0) is 28.9 Å². The number of halogens is 1. The Hall–Kier alpha value is -2.98. The predicted octanol–water partition coefficient (Wildman–Crippen LogP) is 1.28. The lowest BCUT2D eigenvalue weighted by Crippen LogP contribution is -2.35. The third-order valence-corrected chi connectivity index (χ3v) is 6.25. The Morgan fingerprint density at radius 2 is 1.68 bits per heavy atom. The minimum absolute atomic E-state index is 0.0294. The Morgan fingerprint density at radius 1 is 1.07 bits per heavy atom. The van der Waals surface area contributed by atoms with Crippen molar-refractivity contribution >= 4 is 32.7 Å². The lowest BCUT2D eigenvalue weighted by Gasteiger charge is -2.17. The highest BCUT2D eigenvalue weighted by Gasteiger charge is 2.24. The molecular weight excluding hydrogens is 387 g/mol. The van der Waals surface area contributed by atoms with E-state index in [9.17, 15) is 22.4 Å². The van der Waals surface area contributed by atoms with Gasteiger partial charge in [0.25, 0.3) is 0 Å². The van der Waals surface area contributed by atoms with Gasteiger partial charge in [0.1, 0.15) is 5.82 Å². The second-order valence-electron chi connectivity index (χ2n) is 6.37. The van der Waals surface area contributed by atoms with Gasteiger partial charge in [-0.3, -0.25) is 13.9 Å². The molecule has 3 rings (SSSR count). The Kier molecular flexibility index (Phi) is 5.09. The molecule has 1 aromatic heterocycles. The van der Waals surface area contributed by atoms with Gasteiger partial charge in [-0.2, -0.15) is 4.31 Å². The maximum Gasteiger partial charge on any atom is 0.328 e. The molecule has 1 N–H and O–H groups in total. The van der Waals surface area contributed by atoms with Crippen molar-refractivity contribution in [2.75, 3.05) is 18.9 Å². The monoisotopic (exact) mass is 406 g/mol. The molecule has 0 saturated carbocycles. The van der Waals surface area contributed by atoms with Gasteiger partial charge in [0, 0.05) is 26.8 Å². The van der Waals surface area contributed by atoms with E-state index in [0.29, 0.717) is 16.7 Å². The van der Waals surface area contributed by atoms with Crippen LogP contribution in [0.2, 0.25) is 0 Å². The van der Waals surface area contributed by atoms with Gasteiger partial charge in [-0.05, 0) is 42.5 Å². The van der Waals surface area contributed by atoms with Crippen LogP contribution in [0.1, 0.15) is 0 Å². The largest absolute Gasteiger partial charge is 0.328 e. The van der Waals surface area contributed by atoms with Crippen molar-refractivity contribution in [2.45, 2.75) is 4.90 Å². The number of benzene rings is 2. The number of nitrogens with one attached hydrogen (secondary N) is 1. The molecule has 0 aliphatic carbocycles. The molecule has 0 bridgehead atoms.